The number of halogens is 2. The molecule has 0 saturated heterocycles. The summed E-state index contributed by atoms with van der Waals surface area (Å²) in [5.41, 5.74) is 0.765. The lowest BCUT2D eigenvalue weighted by atomic mass is 10.1. The lowest BCUT2D eigenvalue weighted by Gasteiger charge is -2.07. The van der Waals surface area contributed by atoms with Gasteiger partial charge in [0.25, 0.3) is 0 Å². The normalized spacial score (nSPS) is 11.0. The molecular formula is C12H10F2O2. The van der Waals surface area contributed by atoms with Crippen LogP contribution in [0.5, 0.6) is 5.75 Å². The SMILES string of the molecule is OCc1cccc2cc(OC(F)F)ccc12. The van der Waals surface area contributed by atoms with Crippen molar-refractivity contribution in [2.45, 2.75) is 13.2 Å². The minimum Gasteiger partial charge on any atom is -0.435 e. The van der Waals surface area contributed by atoms with Crippen LogP contribution in [0.3, 0.4) is 0 Å². The van der Waals surface area contributed by atoms with E-state index in [1.54, 1.807) is 24.3 Å². The van der Waals surface area contributed by atoms with Crippen LogP contribution in [0.2, 0.25) is 0 Å². The predicted molar refractivity (Wildman–Crippen MR) is 56.5 cm³/mol. The van der Waals surface area contributed by atoms with Crippen LogP contribution in [-0.2, 0) is 6.61 Å². The van der Waals surface area contributed by atoms with E-state index in [4.69, 9.17) is 5.11 Å². The highest BCUT2D eigenvalue weighted by Gasteiger charge is 2.06. The van der Waals surface area contributed by atoms with Crippen molar-refractivity contribution in [3.63, 3.8) is 0 Å². The van der Waals surface area contributed by atoms with Crippen LogP contribution in [0.25, 0.3) is 10.8 Å². The van der Waals surface area contributed by atoms with Gasteiger partial charge in [0.1, 0.15) is 5.75 Å². The van der Waals surface area contributed by atoms with Gasteiger partial charge in [-0.3, -0.25) is 0 Å². The lowest BCUT2D eigenvalue weighted by Crippen LogP contribution is -2.01. The monoisotopic (exact) mass is 224 g/mol. The summed E-state index contributed by atoms with van der Waals surface area (Å²) in [7, 11) is 0. The first-order valence-electron chi connectivity index (χ1n) is 4.78. The molecule has 0 aliphatic carbocycles. The van der Waals surface area contributed by atoms with E-state index in [1.807, 2.05) is 0 Å². The second-order valence-corrected chi connectivity index (χ2v) is 3.34. The van der Waals surface area contributed by atoms with Gasteiger partial charge in [0, 0.05) is 0 Å². The Kier molecular flexibility index (Phi) is 3.01. The van der Waals surface area contributed by atoms with Gasteiger partial charge in [-0.05, 0) is 28.5 Å². The van der Waals surface area contributed by atoms with Crippen LogP contribution in [-0.4, -0.2) is 11.7 Å². The summed E-state index contributed by atoms with van der Waals surface area (Å²) in [5, 5.41) is 10.7. The molecule has 0 atom stereocenters. The standard InChI is InChI=1S/C12H10F2O2/c13-12(14)16-10-4-5-11-8(6-10)2-1-3-9(11)7-15/h1-6,12,15H,7H2. The highest BCUT2D eigenvalue weighted by molar-refractivity contribution is 5.86. The van der Waals surface area contributed by atoms with Crippen molar-refractivity contribution in [3.8, 4) is 5.75 Å². The molecule has 0 aliphatic heterocycles. The molecule has 4 heteroatoms. The van der Waals surface area contributed by atoms with Gasteiger partial charge >= 0.3 is 6.61 Å². The summed E-state index contributed by atoms with van der Waals surface area (Å²) in [6.07, 6.45) is 0. The molecule has 0 fully saturated rings. The van der Waals surface area contributed by atoms with E-state index in [2.05, 4.69) is 4.74 Å². The van der Waals surface area contributed by atoms with Crippen molar-refractivity contribution in [2.24, 2.45) is 0 Å². The number of ether oxygens (including phenoxy) is 1. The maximum Gasteiger partial charge on any atom is 0.387 e. The van der Waals surface area contributed by atoms with E-state index in [1.165, 1.54) is 12.1 Å². The molecular weight excluding hydrogens is 214 g/mol. The minimum absolute atomic E-state index is 0.0770. The highest BCUT2D eigenvalue weighted by atomic mass is 19.3. The lowest BCUT2D eigenvalue weighted by molar-refractivity contribution is -0.0497. The number of hydrogen-bond donors (Lipinski definition) is 1. The molecule has 16 heavy (non-hydrogen) atoms. The third-order valence-electron chi connectivity index (χ3n) is 2.34. The van der Waals surface area contributed by atoms with E-state index in [9.17, 15) is 8.78 Å². The number of alkyl halides is 2. The summed E-state index contributed by atoms with van der Waals surface area (Å²) < 4.78 is 28.3. The summed E-state index contributed by atoms with van der Waals surface area (Å²) in [5.74, 6) is 0.123. The van der Waals surface area contributed by atoms with Crippen molar-refractivity contribution in [1.82, 2.24) is 0 Å². The first kappa shape index (κ1) is 10.8. The summed E-state index contributed by atoms with van der Waals surface area (Å²) in [4.78, 5) is 0. The average molecular weight is 224 g/mol. The number of aliphatic hydroxyl groups excluding tert-OH is 1. The fraction of sp³-hybridized carbons (Fsp3) is 0.167. The number of rotatable bonds is 3. The molecule has 1 N–H and O–H groups in total. The summed E-state index contributed by atoms with van der Waals surface area (Å²) in [6.45, 7) is -2.90. The van der Waals surface area contributed by atoms with E-state index >= 15 is 0 Å². The van der Waals surface area contributed by atoms with Gasteiger partial charge in [-0.25, -0.2) is 0 Å². The Balaban J connectivity index is 2.47. The molecule has 0 unspecified atom stereocenters. The Morgan fingerprint density at radius 2 is 2.00 bits per heavy atom. The topological polar surface area (TPSA) is 29.5 Å². The van der Waals surface area contributed by atoms with E-state index < -0.39 is 6.61 Å². The molecule has 0 aromatic heterocycles. The van der Waals surface area contributed by atoms with E-state index in [0.29, 0.717) is 0 Å². The van der Waals surface area contributed by atoms with Gasteiger partial charge in [-0.2, -0.15) is 8.78 Å². The Bertz CT molecular complexity index is 497. The first-order chi connectivity index (χ1) is 7.70. The predicted octanol–water partition coefficient (Wildman–Crippen LogP) is 2.93. The van der Waals surface area contributed by atoms with Crippen LogP contribution in [0.15, 0.2) is 36.4 Å². The van der Waals surface area contributed by atoms with Crippen molar-refractivity contribution < 1.29 is 18.6 Å². The van der Waals surface area contributed by atoms with Crippen molar-refractivity contribution in [3.05, 3.63) is 42.0 Å². The van der Waals surface area contributed by atoms with Crippen LogP contribution >= 0.6 is 0 Å². The fourth-order valence-corrected chi connectivity index (χ4v) is 1.64. The molecule has 0 amide bonds. The highest BCUT2D eigenvalue weighted by Crippen LogP contribution is 2.24. The molecule has 2 aromatic rings. The maximum atomic E-state index is 12.0. The van der Waals surface area contributed by atoms with Gasteiger partial charge in [0.15, 0.2) is 0 Å². The Labute approximate surface area is 91.1 Å². The second-order valence-electron chi connectivity index (χ2n) is 3.34. The Hall–Kier alpha value is -1.68. The second kappa shape index (κ2) is 4.45. The number of fused-ring (bicyclic) bond motifs is 1. The van der Waals surface area contributed by atoms with Gasteiger partial charge in [-0.15, -0.1) is 0 Å². The van der Waals surface area contributed by atoms with E-state index in [0.717, 1.165) is 16.3 Å². The summed E-state index contributed by atoms with van der Waals surface area (Å²) >= 11 is 0. The molecule has 2 aromatic carbocycles. The minimum atomic E-state index is -2.82. The first-order valence-corrected chi connectivity index (χ1v) is 4.78. The molecule has 0 bridgehead atoms. The molecule has 0 saturated carbocycles. The molecule has 84 valence electrons. The Morgan fingerprint density at radius 3 is 2.69 bits per heavy atom. The van der Waals surface area contributed by atoms with Gasteiger partial charge < -0.3 is 9.84 Å². The van der Waals surface area contributed by atoms with Gasteiger partial charge in [0.2, 0.25) is 0 Å². The third kappa shape index (κ3) is 2.12. The van der Waals surface area contributed by atoms with Crippen LogP contribution in [0.1, 0.15) is 5.56 Å². The van der Waals surface area contributed by atoms with E-state index in [-0.39, 0.29) is 12.4 Å². The molecule has 0 heterocycles. The quantitative estimate of drug-likeness (QED) is 0.868. The van der Waals surface area contributed by atoms with Crippen molar-refractivity contribution in [1.29, 1.82) is 0 Å². The molecule has 0 radical (unpaired) electrons. The zero-order chi connectivity index (χ0) is 11.5. The number of hydrogen-bond acceptors (Lipinski definition) is 2. The Morgan fingerprint density at radius 1 is 1.19 bits per heavy atom. The average Bonchev–Trinajstić information content (AvgIpc) is 2.27. The summed E-state index contributed by atoms with van der Waals surface area (Å²) in [6, 6.07) is 10.00. The zero-order valence-corrected chi connectivity index (χ0v) is 8.36. The molecule has 0 aliphatic rings. The van der Waals surface area contributed by atoms with Gasteiger partial charge in [0.05, 0.1) is 6.61 Å². The number of benzene rings is 2. The fourth-order valence-electron chi connectivity index (χ4n) is 1.64. The smallest absolute Gasteiger partial charge is 0.387 e. The number of aliphatic hydroxyl groups is 1. The maximum absolute atomic E-state index is 12.0. The largest absolute Gasteiger partial charge is 0.435 e. The van der Waals surface area contributed by atoms with Crippen molar-refractivity contribution >= 4 is 10.8 Å². The molecule has 2 nitrogen and oxygen atoms in total. The third-order valence-corrected chi connectivity index (χ3v) is 2.34. The van der Waals surface area contributed by atoms with Crippen LogP contribution in [0, 0.1) is 0 Å². The van der Waals surface area contributed by atoms with Crippen molar-refractivity contribution in [2.75, 3.05) is 0 Å². The van der Waals surface area contributed by atoms with Crippen LogP contribution < -0.4 is 4.74 Å². The van der Waals surface area contributed by atoms with Crippen LogP contribution in [0.4, 0.5) is 8.78 Å². The molecule has 0 spiro atoms. The van der Waals surface area contributed by atoms with Gasteiger partial charge in [-0.1, -0.05) is 24.3 Å². The molecule has 2 rings (SSSR count). The zero-order valence-electron chi connectivity index (χ0n) is 8.36.